The second-order valence-electron chi connectivity index (χ2n) is 4.14. The Kier molecular flexibility index (Phi) is 2.91. The van der Waals surface area contributed by atoms with E-state index in [9.17, 15) is 0 Å². The maximum atomic E-state index is 5.72. The molecule has 0 radical (unpaired) electrons. The number of aryl methyl sites for hydroxylation is 1. The van der Waals surface area contributed by atoms with Gasteiger partial charge >= 0.3 is 0 Å². The Morgan fingerprint density at radius 1 is 1.31 bits per heavy atom. The van der Waals surface area contributed by atoms with Crippen molar-refractivity contribution in [2.75, 3.05) is 12.8 Å². The number of rotatable bonds is 2. The number of hydrogen-bond donors (Lipinski definition) is 1. The fraction of sp³-hybridized carbons (Fsp3) is 0.214. The van der Waals surface area contributed by atoms with Crippen LogP contribution in [-0.4, -0.2) is 17.3 Å². The molecule has 0 aromatic heterocycles. The molecule has 0 bridgehead atoms. The molecular formula is C14H17N2+. The Balaban J connectivity index is 2.21. The molecule has 1 aliphatic heterocycles. The van der Waals surface area contributed by atoms with Crippen LogP contribution in [0.15, 0.2) is 36.6 Å². The monoisotopic (exact) mass is 213 g/mol. The first-order valence-corrected chi connectivity index (χ1v) is 5.46. The minimum Gasteiger partial charge on any atom is -0.399 e. The molecule has 1 aliphatic rings. The molecule has 2 rings (SSSR count). The molecule has 0 spiro atoms. The van der Waals surface area contributed by atoms with Crippen molar-refractivity contribution in [1.29, 1.82) is 0 Å². The molecule has 2 nitrogen and oxygen atoms in total. The fourth-order valence-corrected chi connectivity index (χ4v) is 1.83. The number of nitrogens with zero attached hydrogens (tertiary/aromatic N) is 1. The van der Waals surface area contributed by atoms with Crippen molar-refractivity contribution in [3.63, 3.8) is 0 Å². The summed E-state index contributed by atoms with van der Waals surface area (Å²) in [6.45, 7) is 2.08. The van der Waals surface area contributed by atoms with E-state index >= 15 is 0 Å². The topological polar surface area (TPSA) is 29.0 Å². The van der Waals surface area contributed by atoms with Gasteiger partial charge in [-0.2, -0.15) is 0 Å². The van der Waals surface area contributed by atoms with Gasteiger partial charge in [0.1, 0.15) is 7.05 Å². The van der Waals surface area contributed by atoms with Gasteiger partial charge in [-0.1, -0.05) is 6.07 Å². The molecule has 1 aromatic rings. The van der Waals surface area contributed by atoms with Gasteiger partial charge in [-0.05, 0) is 42.3 Å². The third-order valence-electron chi connectivity index (χ3n) is 2.86. The van der Waals surface area contributed by atoms with E-state index in [2.05, 4.69) is 49.0 Å². The van der Waals surface area contributed by atoms with E-state index in [1.165, 1.54) is 16.8 Å². The Hall–Kier alpha value is -1.83. The Bertz CT molecular complexity index is 493. The SMILES string of the molecule is Cc1cc(N)ccc1C=CC1=[N+](C)C=CC1. The summed E-state index contributed by atoms with van der Waals surface area (Å²) in [7, 11) is 2.07. The summed E-state index contributed by atoms with van der Waals surface area (Å²) < 4.78 is 2.14. The first-order valence-electron chi connectivity index (χ1n) is 5.46. The van der Waals surface area contributed by atoms with Gasteiger partial charge in [-0.3, -0.25) is 0 Å². The highest BCUT2D eigenvalue weighted by Gasteiger charge is 2.09. The smallest absolute Gasteiger partial charge is 0.185 e. The maximum Gasteiger partial charge on any atom is 0.185 e. The highest BCUT2D eigenvalue weighted by Crippen LogP contribution is 2.14. The van der Waals surface area contributed by atoms with Gasteiger partial charge in [-0.25, -0.2) is 4.58 Å². The van der Waals surface area contributed by atoms with Gasteiger partial charge in [0.25, 0.3) is 0 Å². The van der Waals surface area contributed by atoms with Gasteiger partial charge in [0, 0.05) is 11.8 Å². The van der Waals surface area contributed by atoms with E-state index in [1.807, 2.05) is 12.1 Å². The van der Waals surface area contributed by atoms with Crippen LogP contribution in [0.5, 0.6) is 0 Å². The van der Waals surface area contributed by atoms with Crippen molar-refractivity contribution in [2.24, 2.45) is 0 Å². The van der Waals surface area contributed by atoms with Crippen LogP contribution in [0.2, 0.25) is 0 Å². The number of nitrogen functional groups attached to an aromatic ring is 1. The second-order valence-corrected chi connectivity index (χ2v) is 4.14. The van der Waals surface area contributed by atoms with Crippen LogP contribution in [0.4, 0.5) is 5.69 Å². The number of hydrogen-bond acceptors (Lipinski definition) is 1. The summed E-state index contributed by atoms with van der Waals surface area (Å²) in [5.41, 5.74) is 10.3. The van der Waals surface area contributed by atoms with Crippen LogP contribution in [0.25, 0.3) is 6.08 Å². The van der Waals surface area contributed by atoms with Gasteiger partial charge in [0.15, 0.2) is 11.9 Å². The minimum atomic E-state index is 0.821. The van der Waals surface area contributed by atoms with Gasteiger partial charge < -0.3 is 5.73 Å². The van der Waals surface area contributed by atoms with E-state index in [0.29, 0.717) is 0 Å². The predicted molar refractivity (Wildman–Crippen MR) is 69.6 cm³/mol. The molecule has 2 heteroatoms. The molecule has 0 saturated carbocycles. The van der Waals surface area contributed by atoms with E-state index in [-0.39, 0.29) is 0 Å². The second kappa shape index (κ2) is 4.35. The average molecular weight is 213 g/mol. The van der Waals surface area contributed by atoms with Gasteiger partial charge in [0.2, 0.25) is 0 Å². The standard InChI is InChI=1S/C14H16N2/c1-11-10-13(15)7-5-12(11)6-8-14-4-3-9-16(14)2/h3,5-10,15H,4H2,1-2H3/p+1. The zero-order valence-corrected chi connectivity index (χ0v) is 9.77. The molecule has 0 aliphatic carbocycles. The molecule has 0 unspecified atom stereocenters. The number of allylic oxidation sites excluding steroid dienone is 2. The van der Waals surface area contributed by atoms with Crippen molar-refractivity contribution in [1.82, 2.24) is 0 Å². The highest BCUT2D eigenvalue weighted by molar-refractivity contribution is 5.96. The lowest BCUT2D eigenvalue weighted by Gasteiger charge is -2.01. The average Bonchev–Trinajstić information content (AvgIpc) is 2.63. The normalized spacial score (nSPS) is 15.4. The largest absolute Gasteiger partial charge is 0.399 e. The molecule has 1 aromatic carbocycles. The molecule has 0 saturated heterocycles. The first kappa shape index (κ1) is 10.7. The third-order valence-corrected chi connectivity index (χ3v) is 2.86. The van der Waals surface area contributed by atoms with Crippen LogP contribution >= 0.6 is 0 Å². The lowest BCUT2D eigenvalue weighted by Crippen LogP contribution is -2.03. The molecule has 1 heterocycles. The van der Waals surface area contributed by atoms with Crippen molar-refractivity contribution in [3.05, 3.63) is 47.7 Å². The Morgan fingerprint density at radius 3 is 2.75 bits per heavy atom. The third kappa shape index (κ3) is 2.22. The number of nitrogens with two attached hydrogens (primary N) is 1. The Morgan fingerprint density at radius 2 is 2.12 bits per heavy atom. The molecule has 82 valence electrons. The summed E-state index contributed by atoms with van der Waals surface area (Å²) in [4.78, 5) is 0. The molecular weight excluding hydrogens is 196 g/mol. The zero-order chi connectivity index (χ0) is 11.5. The first-order chi connectivity index (χ1) is 7.66. The zero-order valence-electron chi connectivity index (χ0n) is 9.77. The van der Waals surface area contributed by atoms with Crippen LogP contribution in [0, 0.1) is 6.92 Å². The molecule has 2 N–H and O–H groups in total. The van der Waals surface area contributed by atoms with E-state index in [0.717, 1.165) is 12.1 Å². The summed E-state index contributed by atoms with van der Waals surface area (Å²) in [6.07, 6.45) is 9.58. The maximum absolute atomic E-state index is 5.72. The van der Waals surface area contributed by atoms with Crippen molar-refractivity contribution >= 4 is 17.5 Å². The van der Waals surface area contributed by atoms with Crippen LogP contribution in [0.3, 0.4) is 0 Å². The molecule has 0 amide bonds. The van der Waals surface area contributed by atoms with E-state index in [1.54, 1.807) is 0 Å². The lowest BCUT2D eigenvalue weighted by molar-refractivity contribution is -0.418. The van der Waals surface area contributed by atoms with E-state index < -0.39 is 0 Å². The van der Waals surface area contributed by atoms with Crippen LogP contribution < -0.4 is 5.73 Å². The number of benzene rings is 1. The van der Waals surface area contributed by atoms with Crippen LogP contribution in [-0.2, 0) is 0 Å². The number of anilines is 1. The summed E-state index contributed by atoms with van der Waals surface area (Å²) in [5.74, 6) is 0. The quantitative estimate of drug-likeness (QED) is 0.593. The molecule has 0 fully saturated rings. The lowest BCUT2D eigenvalue weighted by atomic mass is 10.1. The Labute approximate surface area is 96.4 Å². The summed E-state index contributed by atoms with van der Waals surface area (Å²) in [6, 6.07) is 6.00. The van der Waals surface area contributed by atoms with E-state index in [4.69, 9.17) is 5.73 Å². The molecule has 0 atom stereocenters. The fourth-order valence-electron chi connectivity index (χ4n) is 1.83. The van der Waals surface area contributed by atoms with Crippen molar-refractivity contribution in [2.45, 2.75) is 13.3 Å². The minimum absolute atomic E-state index is 0.821. The highest BCUT2D eigenvalue weighted by atomic mass is 15.0. The van der Waals surface area contributed by atoms with Crippen molar-refractivity contribution in [3.8, 4) is 0 Å². The van der Waals surface area contributed by atoms with Gasteiger partial charge in [-0.15, -0.1) is 0 Å². The van der Waals surface area contributed by atoms with Crippen LogP contribution in [0.1, 0.15) is 17.5 Å². The molecule has 16 heavy (non-hydrogen) atoms. The van der Waals surface area contributed by atoms with Crippen molar-refractivity contribution < 1.29 is 4.58 Å². The summed E-state index contributed by atoms with van der Waals surface area (Å²) >= 11 is 0. The predicted octanol–water partition coefficient (Wildman–Crippen LogP) is 2.59. The summed E-state index contributed by atoms with van der Waals surface area (Å²) in [5, 5.41) is 0. The van der Waals surface area contributed by atoms with Gasteiger partial charge in [0.05, 0.1) is 6.42 Å².